The lowest BCUT2D eigenvalue weighted by atomic mass is 9.72. The average molecular weight is 386 g/mol. The molecule has 0 amide bonds. The topological polar surface area (TPSA) is 96.2 Å². The first-order chi connectivity index (χ1) is 13.4. The summed E-state index contributed by atoms with van der Waals surface area (Å²) in [6, 6.07) is 14.7. The molecule has 0 aliphatic carbocycles. The smallest absolute Gasteiger partial charge is 0.330 e. The number of aliphatic carboxylic acids is 1. The fourth-order valence-corrected chi connectivity index (χ4v) is 3.04. The molecule has 2 rings (SSSR count). The van der Waals surface area contributed by atoms with Crippen LogP contribution in [0.1, 0.15) is 24.5 Å². The van der Waals surface area contributed by atoms with Crippen LogP contribution in [0.5, 0.6) is 11.5 Å². The van der Waals surface area contributed by atoms with Crippen LogP contribution >= 0.6 is 0 Å². The molecule has 0 fully saturated rings. The van der Waals surface area contributed by atoms with Crippen molar-refractivity contribution in [3.63, 3.8) is 0 Å². The lowest BCUT2D eigenvalue weighted by Gasteiger charge is -2.31. The van der Waals surface area contributed by atoms with Gasteiger partial charge in [-0.2, -0.15) is 0 Å². The van der Waals surface area contributed by atoms with E-state index in [1.807, 2.05) is 31.2 Å². The molecule has 2 aromatic carbocycles. The Morgan fingerprint density at radius 2 is 1.29 bits per heavy atom. The number of benzene rings is 2. The zero-order valence-electron chi connectivity index (χ0n) is 15.9. The van der Waals surface area contributed by atoms with Gasteiger partial charge in [-0.3, -0.25) is 0 Å². The largest absolute Gasteiger partial charge is 0.491 e. The van der Waals surface area contributed by atoms with Crippen molar-refractivity contribution >= 4 is 5.97 Å². The maximum Gasteiger partial charge on any atom is 0.330 e. The second-order valence-corrected chi connectivity index (χ2v) is 6.61. The second-order valence-electron chi connectivity index (χ2n) is 6.61. The highest BCUT2D eigenvalue weighted by molar-refractivity contribution is 5.86. The van der Waals surface area contributed by atoms with Crippen LogP contribution in [0.25, 0.3) is 0 Å². The molecule has 0 spiro atoms. The van der Waals surface area contributed by atoms with E-state index in [4.69, 9.17) is 19.7 Å². The number of aliphatic hydroxyl groups excluding tert-OH is 2. The normalized spacial score (nSPS) is 11.1. The Hall–Kier alpha value is -2.83. The molecule has 0 aromatic heterocycles. The van der Waals surface area contributed by atoms with Gasteiger partial charge in [-0.1, -0.05) is 37.8 Å². The average Bonchev–Trinajstić information content (AvgIpc) is 2.71. The van der Waals surface area contributed by atoms with E-state index in [1.165, 1.54) is 0 Å². The first-order valence-corrected chi connectivity index (χ1v) is 9.00. The maximum absolute atomic E-state index is 11.4. The molecule has 150 valence electrons. The summed E-state index contributed by atoms with van der Waals surface area (Å²) in [4.78, 5) is 11.4. The molecule has 0 atom stereocenters. The molecule has 0 saturated carbocycles. The van der Waals surface area contributed by atoms with E-state index in [-0.39, 0.29) is 38.4 Å². The molecular formula is C22H26O6. The van der Waals surface area contributed by atoms with Gasteiger partial charge < -0.3 is 24.8 Å². The summed E-state index contributed by atoms with van der Waals surface area (Å²) < 4.78 is 10.8. The van der Waals surface area contributed by atoms with Crippen LogP contribution in [0.15, 0.2) is 60.7 Å². The monoisotopic (exact) mass is 386 g/mol. The van der Waals surface area contributed by atoms with E-state index in [0.29, 0.717) is 11.5 Å². The summed E-state index contributed by atoms with van der Waals surface area (Å²) in [5.41, 5.74) is 1.31. The van der Waals surface area contributed by atoms with Gasteiger partial charge in [0.2, 0.25) is 0 Å². The van der Waals surface area contributed by atoms with Gasteiger partial charge in [0.05, 0.1) is 13.2 Å². The number of carboxylic acids is 1. The summed E-state index contributed by atoms with van der Waals surface area (Å²) in [5.74, 6) is 0.229. The predicted octanol–water partition coefficient (Wildman–Crippen LogP) is 2.77. The molecule has 0 aliphatic rings. The second kappa shape index (κ2) is 9.92. The number of rotatable bonds is 11. The fraction of sp³-hybridized carbons (Fsp3) is 0.318. The zero-order chi connectivity index (χ0) is 20.6. The van der Waals surface area contributed by atoms with E-state index < -0.39 is 11.4 Å². The van der Waals surface area contributed by atoms with Crippen molar-refractivity contribution in [2.24, 2.45) is 0 Å². The first-order valence-electron chi connectivity index (χ1n) is 9.00. The third-order valence-electron chi connectivity index (χ3n) is 4.57. The van der Waals surface area contributed by atoms with E-state index >= 15 is 0 Å². The molecule has 0 radical (unpaired) electrons. The van der Waals surface area contributed by atoms with Gasteiger partial charge in [-0.15, -0.1) is 0 Å². The highest BCUT2D eigenvalue weighted by Crippen LogP contribution is 2.39. The van der Waals surface area contributed by atoms with Crippen molar-refractivity contribution in [2.45, 2.75) is 18.8 Å². The molecule has 6 heteroatoms. The fourth-order valence-electron chi connectivity index (χ4n) is 3.04. The third kappa shape index (κ3) is 5.34. The van der Waals surface area contributed by atoms with Crippen LogP contribution in [0, 0.1) is 0 Å². The van der Waals surface area contributed by atoms with Gasteiger partial charge in [0.1, 0.15) is 24.7 Å². The SMILES string of the molecule is C=C(CC(C)(c1ccc(OCCO)cc1)c1ccc(OCCO)cc1)C(=O)O. The molecule has 6 nitrogen and oxygen atoms in total. The standard InChI is InChI=1S/C22H26O6/c1-16(21(25)26)15-22(2,17-3-7-19(8-4-17)27-13-11-23)18-5-9-20(10-6-18)28-14-12-24/h3-10,23-24H,1,11-15H2,2H3,(H,25,26). The van der Waals surface area contributed by atoms with Gasteiger partial charge in [0.25, 0.3) is 0 Å². The van der Waals surface area contributed by atoms with Crippen LogP contribution in [-0.4, -0.2) is 47.7 Å². The van der Waals surface area contributed by atoms with Crippen molar-refractivity contribution in [3.8, 4) is 11.5 Å². The Labute approximate surface area is 164 Å². The van der Waals surface area contributed by atoms with Crippen LogP contribution in [0.4, 0.5) is 0 Å². The maximum atomic E-state index is 11.4. The quantitative estimate of drug-likeness (QED) is 0.514. The molecule has 0 saturated heterocycles. The number of carboxylic acid groups (broad SMARTS) is 1. The highest BCUT2D eigenvalue weighted by atomic mass is 16.5. The van der Waals surface area contributed by atoms with Gasteiger partial charge in [-0.25, -0.2) is 4.79 Å². The van der Waals surface area contributed by atoms with Crippen molar-refractivity contribution in [1.29, 1.82) is 0 Å². The minimum atomic E-state index is -1.03. The van der Waals surface area contributed by atoms with Gasteiger partial charge in [-0.05, 0) is 41.8 Å². The van der Waals surface area contributed by atoms with Crippen LogP contribution < -0.4 is 9.47 Å². The Kier molecular flexibility index (Phi) is 7.61. The van der Waals surface area contributed by atoms with Gasteiger partial charge in [0.15, 0.2) is 0 Å². The summed E-state index contributed by atoms with van der Waals surface area (Å²) in [6.07, 6.45) is 0.232. The third-order valence-corrected chi connectivity index (χ3v) is 4.57. The number of hydrogen-bond donors (Lipinski definition) is 3. The van der Waals surface area contributed by atoms with Crippen molar-refractivity contribution in [3.05, 3.63) is 71.8 Å². The molecule has 0 aliphatic heterocycles. The minimum Gasteiger partial charge on any atom is -0.491 e. The summed E-state index contributed by atoms with van der Waals surface area (Å²) >= 11 is 0. The van der Waals surface area contributed by atoms with Crippen molar-refractivity contribution in [1.82, 2.24) is 0 Å². The van der Waals surface area contributed by atoms with Crippen molar-refractivity contribution in [2.75, 3.05) is 26.4 Å². The molecule has 2 aromatic rings. The molecule has 0 heterocycles. The lowest BCUT2D eigenvalue weighted by Crippen LogP contribution is -2.26. The zero-order valence-corrected chi connectivity index (χ0v) is 15.9. The van der Waals surface area contributed by atoms with Crippen LogP contribution in [-0.2, 0) is 10.2 Å². The van der Waals surface area contributed by atoms with E-state index in [9.17, 15) is 9.90 Å². The van der Waals surface area contributed by atoms with E-state index in [2.05, 4.69) is 6.58 Å². The Bertz CT molecular complexity index is 728. The van der Waals surface area contributed by atoms with Crippen LogP contribution in [0.2, 0.25) is 0 Å². The number of aliphatic hydroxyl groups is 2. The van der Waals surface area contributed by atoms with E-state index in [0.717, 1.165) is 11.1 Å². The Balaban J connectivity index is 2.36. The van der Waals surface area contributed by atoms with Gasteiger partial charge in [0, 0.05) is 11.0 Å². The highest BCUT2D eigenvalue weighted by Gasteiger charge is 2.31. The predicted molar refractivity (Wildman–Crippen MR) is 106 cm³/mol. The van der Waals surface area contributed by atoms with Crippen LogP contribution in [0.3, 0.4) is 0 Å². The number of carbonyl (C=O) groups is 1. The summed E-state index contributed by atoms with van der Waals surface area (Å²) in [5, 5.41) is 27.1. The number of hydrogen-bond acceptors (Lipinski definition) is 5. The minimum absolute atomic E-state index is 0.0669. The molecule has 0 unspecified atom stereocenters. The molecule has 28 heavy (non-hydrogen) atoms. The Morgan fingerprint density at radius 3 is 1.61 bits per heavy atom. The van der Waals surface area contributed by atoms with E-state index in [1.54, 1.807) is 24.3 Å². The number of ether oxygens (including phenoxy) is 2. The van der Waals surface area contributed by atoms with Crippen molar-refractivity contribution < 1.29 is 29.6 Å². The summed E-state index contributed by atoms with van der Waals surface area (Å²) in [6.45, 7) is 5.95. The summed E-state index contributed by atoms with van der Waals surface area (Å²) in [7, 11) is 0. The molecule has 0 bridgehead atoms. The van der Waals surface area contributed by atoms with Gasteiger partial charge >= 0.3 is 5.97 Å². The lowest BCUT2D eigenvalue weighted by molar-refractivity contribution is -0.132. The first kappa shape index (κ1) is 21.5. The molecular weight excluding hydrogens is 360 g/mol. The Morgan fingerprint density at radius 1 is 0.893 bits per heavy atom. The molecule has 3 N–H and O–H groups in total.